The van der Waals surface area contributed by atoms with Crippen LogP contribution in [0.2, 0.25) is 0 Å². The van der Waals surface area contributed by atoms with Gasteiger partial charge in [-0.1, -0.05) is 32.4 Å². The first-order valence-corrected chi connectivity index (χ1v) is 9.42. The Morgan fingerprint density at radius 1 is 1.31 bits per heavy atom. The Labute approximate surface area is 154 Å². The quantitative estimate of drug-likeness (QED) is 0.816. The largest absolute Gasteiger partial charge is 0.386 e. The Morgan fingerprint density at radius 2 is 2.00 bits per heavy atom. The predicted molar refractivity (Wildman–Crippen MR) is 98.5 cm³/mol. The molecule has 0 radical (unpaired) electrons. The zero-order chi connectivity index (χ0) is 18.7. The highest BCUT2D eigenvalue weighted by atomic mass is 16.5. The summed E-state index contributed by atoms with van der Waals surface area (Å²) in [4.78, 5) is 25.9. The molecule has 1 heterocycles. The highest BCUT2D eigenvalue weighted by Gasteiger charge is 2.34. The van der Waals surface area contributed by atoms with Crippen molar-refractivity contribution in [1.82, 2.24) is 4.90 Å². The number of benzene rings is 1. The van der Waals surface area contributed by atoms with Crippen molar-refractivity contribution >= 4 is 17.5 Å². The third-order valence-electron chi connectivity index (χ3n) is 5.16. The smallest absolute Gasteiger partial charge is 0.249 e. The molecule has 1 aromatic carbocycles. The Hall–Kier alpha value is -1.92. The number of nitrogens with one attached hydrogen (secondary N) is 1. The van der Waals surface area contributed by atoms with E-state index in [1.807, 2.05) is 13.8 Å². The fourth-order valence-corrected chi connectivity index (χ4v) is 3.42. The molecule has 2 fully saturated rings. The lowest BCUT2D eigenvalue weighted by molar-refractivity contribution is -0.155. The molecule has 0 spiro atoms. The van der Waals surface area contributed by atoms with E-state index in [0.717, 1.165) is 24.9 Å². The number of rotatable bonds is 6. The van der Waals surface area contributed by atoms with Crippen LogP contribution in [0, 0.1) is 11.8 Å². The molecule has 26 heavy (non-hydrogen) atoms. The van der Waals surface area contributed by atoms with Crippen molar-refractivity contribution in [3.63, 3.8) is 0 Å². The average Bonchev–Trinajstić information content (AvgIpc) is 2.55. The number of aliphatic hydroxyl groups excluding tert-OH is 1. The van der Waals surface area contributed by atoms with E-state index in [9.17, 15) is 14.7 Å². The lowest BCUT2D eigenvalue weighted by Gasteiger charge is -2.39. The number of carbonyl (C=O) groups is 2. The van der Waals surface area contributed by atoms with Crippen molar-refractivity contribution in [2.24, 2.45) is 11.8 Å². The Balaban J connectivity index is 1.66. The van der Waals surface area contributed by atoms with Crippen molar-refractivity contribution in [3.8, 4) is 0 Å². The molecule has 1 saturated carbocycles. The van der Waals surface area contributed by atoms with Gasteiger partial charge in [0.15, 0.2) is 0 Å². The van der Waals surface area contributed by atoms with Crippen LogP contribution >= 0.6 is 0 Å². The lowest BCUT2D eigenvalue weighted by atomic mass is 9.85. The molecular formula is C20H28N2O4. The van der Waals surface area contributed by atoms with Crippen LogP contribution in [-0.4, -0.2) is 47.6 Å². The van der Waals surface area contributed by atoms with Gasteiger partial charge in [-0.05, 0) is 36.5 Å². The van der Waals surface area contributed by atoms with Crippen LogP contribution in [0.4, 0.5) is 5.69 Å². The van der Waals surface area contributed by atoms with Gasteiger partial charge in [0.25, 0.3) is 0 Å². The maximum atomic E-state index is 12.2. The minimum absolute atomic E-state index is 0.0685. The second-order valence-electron chi connectivity index (χ2n) is 7.71. The number of hydrogen-bond donors (Lipinski definition) is 2. The summed E-state index contributed by atoms with van der Waals surface area (Å²) in [6.45, 7) is 5.08. The monoisotopic (exact) mass is 360 g/mol. The molecule has 3 rings (SSSR count). The summed E-state index contributed by atoms with van der Waals surface area (Å²) in [5.41, 5.74) is 1.44. The number of ether oxygens (including phenoxy) is 1. The number of amides is 2. The van der Waals surface area contributed by atoms with Gasteiger partial charge in [0.05, 0.1) is 12.6 Å². The molecule has 1 aliphatic carbocycles. The highest BCUT2D eigenvalue weighted by Crippen LogP contribution is 2.29. The van der Waals surface area contributed by atoms with Gasteiger partial charge in [0, 0.05) is 18.2 Å². The van der Waals surface area contributed by atoms with Crippen LogP contribution < -0.4 is 5.32 Å². The van der Waals surface area contributed by atoms with Gasteiger partial charge in [-0.3, -0.25) is 9.59 Å². The Morgan fingerprint density at radius 3 is 2.58 bits per heavy atom. The van der Waals surface area contributed by atoms with Crippen molar-refractivity contribution in [3.05, 3.63) is 29.8 Å². The van der Waals surface area contributed by atoms with E-state index >= 15 is 0 Å². The molecule has 2 atom stereocenters. The van der Waals surface area contributed by atoms with Crippen LogP contribution in [0.15, 0.2) is 24.3 Å². The molecule has 6 nitrogen and oxygen atoms in total. The number of hydrogen-bond acceptors (Lipinski definition) is 4. The molecule has 142 valence electrons. The Kier molecular flexibility index (Phi) is 5.94. The molecule has 1 aliphatic heterocycles. The molecular weight excluding hydrogens is 332 g/mol. The zero-order valence-corrected chi connectivity index (χ0v) is 15.5. The Bertz CT molecular complexity index is 640. The first-order valence-electron chi connectivity index (χ1n) is 9.42. The van der Waals surface area contributed by atoms with Gasteiger partial charge < -0.3 is 20.1 Å². The van der Waals surface area contributed by atoms with Gasteiger partial charge in [0.2, 0.25) is 11.8 Å². The van der Waals surface area contributed by atoms with Gasteiger partial charge in [-0.25, -0.2) is 0 Å². The molecule has 1 aromatic rings. The van der Waals surface area contributed by atoms with E-state index in [-0.39, 0.29) is 24.3 Å². The van der Waals surface area contributed by atoms with E-state index < -0.39 is 12.1 Å². The summed E-state index contributed by atoms with van der Waals surface area (Å²) in [5, 5.41) is 13.7. The summed E-state index contributed by atoms with van der Waals surface area (Å²) in [5.74, 6) is 0.434. The molecule has 1 saturated heterocycles. The summed E-state index contributed by atoms with van der Waals surface area (Å²) >= 11 is 0. The molecule has 2 unspecified atom stereocenters. The normalized spacial score (nSPS) is 22.2. The summed E-state index contributed by atoms with van der Waals surface area (Å²) in [6, 6.07) is 6.80. The molecule has 2 aliphatic rings. The van der Waals surface area contributed by atoms with E-state index in [4.69, 9.17) is 4.74 Å². The van der Waals surface area contributed by atoms with Gasteiger partial charge in [-0.2, -0.15) is 0 Å². The first-order chi connectivity index (χ1) is 12.5. The third kappa shape index (κ3) is 4.24. The van der Waals surface area contributed by atoms with E-state index in [2.05, 4.69) is 5.32 Å². The van der Waals surface area contributed by atoms with E-state index in [1.54, 1.807) is 29.2 Å². The highest BCUT2D eigenvalue weighted by molar-refractivity contribution is 5.93. The maximum Gasteiger partial charge on any atom is 0.249 e. The van der Waals surface area contributed by atoms with Crippen molar-refractivity contribution in [2.75, 3.05) is 25.1 Å². The minimum atomic E-state index is -0.825. The molecule has 6 heteroatoms. The fourth-order valence-electron chi connectivity index (χ4n) is 3.42. The maximum absolute atomic E-state index is 12.2. The molecule has 0 aromatic heterocycles. The average molecular weight is 360 g/mol. The standard InChI is InChI=1S/C20H28N2O4/c1-13(2)10-22-17(11-26-12-18(22)23)19(24)14-6-8-16(9-7-14)21-20(25)15-4-3-5-15/h6-9,13,15,17,19,24H,3-5,10-12H2,1-2H3,(H,21,25). The topological polar surface area (TPSA) is 78.9 Å². The molecule has 2 N–H and O–H groups in total. The summed E-state index contributed by atoms with van der Waals surface area (Å²) in [6.07, 6.45) is 2.22. The van der Waals surface area contributed by atoms with Crippen LogP contribution in [0.3, 0.4) is 0 Å². The number of morpholine rings is 1. The van der Waals surface area contributed by atoms with Crippen molar-refractivity contribution in [2.45, 2.75) is 45.3 Å². The van der Waals surface area contributed by atoms with E-state index in [0.29, 0.717) is 24.6 Å². The van der Waals surface area contributed by atoms with Gasteiger partial charge in [-0.15, -0.1) is 0 Å². The molecule has 0 bridgehead atoms. The predicted octanol–water partition coefficient (Wildman–Crippen LogP) is 2.34. The van der Waals surface area contributed by atoms with Crippen molar-refractivity contribution in [1.29, 1.82) is 0 Å². The van der Waals surface area contributed by atoms with E-state index in [1.165, 1.54) is 0 Å². The second-order valence-corrected chi connectivity index (χ2v) is 7.71. The fraction of sp³-hybridized carbons (Fsp3) is 0.600. The first kappa shape index (κ1) is 18.9. The van der Waals surface area contributed by atoms with Crippen LogP contribution in [-0.2, 0) is 14.3 Å². The lowest BCUT2D eigenvalue weighted by Crippen LogP contribution is -2.53. The van der Waals surface area contributed by atoms with Crippen LogP contribution in [0.25, 0.3) is 0 Å². The van der Waals surface area contributed by atoms with Crippen LogP contribution in [0.5, 0.6) is 0 Å². The molecule has 2 amide bonds. The summed E-state index contributed by atoms with van der Waals surface area (Å²) < 4.78 is 5.36. The van der Waals surface area contributed by atoms with Gasteiger partial charge >= 0.3 is 0 Å². The third-order valence-corrected chi connectivity index (χ3v) is 5.16. The number of nitrogens with zero attached hydrogens (tertiary/aromatic N) is 1. The van der Waals surface area contributed by atoms with Gasteiger partial charge in [0.1, 0.15) is 12.7 Å². The SMILES string of the molecule is CC(C)CN1C(=O)COCC1C(O)c1ccc(NC(=O)C2CCC2)cc1. The number of anilines is 1. The zero-order valence-electron chi connectivity index (χ0n) is 15.5. The number of aliphatic hydroxyl groups is 1. The second kappa shape index (κ2) is 8.18. The van der Waals surface area contributed by atoms with Crippen LogP contribution in [0.1, 0.15) is 44.8 Å². The number of carbonyl (C=O) groups excluding carboxylic acids is 2. The minimum Gasteiger partial charge on any atom is -0.386 e. The summed E-state index contributed by atoms with van der Waals surface area (Å²) in [7, 11) is 0. The van der Waals surface area contributed by atoms with Crippen molar-refractivity contribution < 1.29 is 19.4 Å².